The minimum Gasteiger partial charge on any atom is -0.376 e. The summed E-state index contributed by atoms with van der Waals surface area (Å²) in [6.07, 6.45) is 0.367. The second-order valence-electron chi connectivity index (χ2n) is 7.04. The fraction of sp³-hybridized carbons (Fsp3) is 1.00. The average molecular weight is 256 g/mol. The van der Waals surface area contributed by atoms with E-state index in [0.29, 0.717) is 24.1 Å². The first-order valence-electron chi connectivity index (χ1n) is 7.33. The molecule has 0 spiro atoms. The quantitative estimate of drug-likeness (QED) is 0.836. The lowest BCUT2D eigenvalue weighted by Crippen LogP contribution is -2.54. The van der Waals surface area contributed by atoms with Crippen molar-refractivity contribution >= 4 is 0 Å². The fourth-order valence-corrected chi connectivity index (χ4v) is 2.46. The number of rotatable bonds is 4. The van der Waals surface area contributed by atoms with Crippen LogP contribution in [0.2, 0.25) is 0 Å². The van der Waals surface area contributed by atoms with E-state index >= 15 is 0 Å². The van der Waals surface area contributed by atoms with Crippen LogP contribution >= 0.6 is 0 Å². The van der Waals surface area contributed by atoms with Gasteiger partial charge in [-0.1, -0.05) is 6.92 Å². The van der Waals surface area contributed by atoms with Crippen LogP contribution in [0.5, 0.6) is 0 Å². The van der Waals surface area contributed by atoms with Crippen LogP contribution in [-0.4, -0.2) is 48.3 Å². The zero-order valence-electron chi connectivity index (χ0n) is 13.3. The summed E-state index contributed by atoms with van der Waals surface area (Å²) in [5, 5.41) is 3.61. The molecule has 0 aromatic heterocycles. The Balaban J connectivity index is 2.48. The Morgan fingerprint density at radius 1 is 1.28 bits per heavy atom. The van der Waals surface area contributed by atoms with Crippen LogP contribution < -0.4 is 5.32 Å². The summed E-state index contributed by atoms with van der Waals surface area (Å²) in [4.78, 5) is 2.60. The fourth-order valence-electron chi connectivity index (χ4n) is 2.46. The molecule has 1 saturated heterocycles. The van der Waals surface area contributed by atoms with Gasteiger partial charge >= 0.3 is 0 Å². The first kappa shape index (κ1) is 15.9. The highest BCUT2D eigenvalue weighted by Crippen LogP contribution is 2.19. The summed E-state index contributed by atoms with van der Waals surface area (Å²) in [7, 11) is 0. The Labute approximate surface area is 113 Å². The van der Waals surface area contributed by atoms with Gasteiger partial charge in [0.05, 0.1) is 12.7 Å². The largest absolute Gasteiger partial charge is 0.376 e. The van der Waals surface area contributed by atoms with E-state index in [0.717, 1.165) is 19.7 Å². The Hall–Kier alpha value is -0.120. The van der Waals surface area contributed by atoms with Gasteiger partial charge in [-0.15, -0.1) is 0 Å². The Morgan fingerprint density at radius 2 is 1.89 bits per heavy atom. The molecule has 1 aliphatic rings. The molecule has 0 bridgehead atoms. The van der Waals surface area contributed by atoms with E-state index < -0.39 is 0 Å². The van der Waals surface area contributed by atoms with Crippen molar-refractivity contribution in [2.24, 2.45) is 5.92 Å². The Bertz CT molecular complexity index is 249. The van der Waals surface area contributed by atoms with Crippen molar-refractivity contribution in [2.45, 2.75) is 72.2 Å². The normalized spacial score (nSPS) is 30.2. The molecule has 1 rings (SSSR count). The smallest absolute Gasteiger partial charge is 0.0674 e. The SMILES string of the molecule is CC1CN(C(C)C(C)CNC(C)(C)C)C(C)CO1. The molecule has 1 fully saturated rings. The third-order valence-corrected chi connectivity index (χ3v) is 3.96. The van der Waals surface area contributed by atoms with E-state index in [4.69, 9.17) is 4.74 Å². The summed E-state index contributed by atoms with van der Waals surface area (Å²) in [5.74, 6) is 0.650. The lowest BCUT2D eigenvalue weighted by Gasteiger charge is -2.43. The molecule has 4 atom stereocenters. The number of nitrogens with zero attached hydrogens (tertiary/aromatic N) is 1. The molecular weight excluding hydrogens is 224 g/mol. The lowest BCUT2D eigenvalue weighted by molar-refractivity contribution is -0.0708. The van der Waals surface area contributed by atoms with E-state index in [-0.39, 0.29) is 5.54 Å². The third-order valence-electron chi connectivity index (χ3n) is 3.96. The zero-order chi connectivity index (χ0) is 13.9. The molecule has 1 heterocycles. The van der Waals surface area contributed by atoms with Gasteiger partial charge in [-0.3, -0.25) is 4.90 Å². The second kappa shape index (κ2) is 6.36. The van der Waals surface area contributed by atoms with Gasteiger partial charge in [0.15, 0.2) is 0 Å². The summed E-state index contributed by atoms with van der Waals surface area (Å²) in [5.41, 5.74) is 0.206. The van der Waals surface area contributed by atoms with Gasteiger partial charge in [0.25, 0.3) is 0 Å². The number of nitrogens with one attached hydrogen (secondary N) is 1. The van der Waals surface area contributed by atoms with Gasteiger partial charge < -0.3 is 10.1 Å². The summed E-state index contributed by atoms with van der Waals surface area (Å²) < 4.78 is 5.71. The minimum absolute atomic E-state index is 0.206. The highest BCUT2D eigenvalue weighted by Gasteiger charge is 2.30. The molecule has 0 aromatic carbocycles. The second-order valence-corrected chi connectivity index (χ2v) is 7.04. The molecule has 1 aliphatic heterocycles. The van der Waals surface area contributed by atoms with Crippen LogP contribution in [0.25, 0.3) is 0 Å². The highest BCUT2D eigenvalue weighted by molar-refractivity contribution is 4.84. The van der Waals surface area contributed by atoms with Gasteiger partial charge in [-0.05, 0) is 54.0 Å². The van der Waals surface area contributed by atoms with Crippen LogP contribution in [0, 0.1) is 5.92 Å². The van der Waals surface area contributed by atoms with Crippen LogP contribution in [0.15, 0.2) is 0 Å². The van der Waals surface area contributed by atoms with Gasteiger partial charge in [-0.2, -0.15) is 0 Å². The van der Waals surface area contributed by atoms with Crippen molar-refractivity contribution in [1.29, 1.82) is 0 Å². The first-order valence-corrected chi connectivity index (χ1v) is 7.33. The number of hydrogen-bond acceptors (Lipinski definition) is 3. The molecule has 0 amide bonds. The predicted molar refractivity (Wildman–Crippen MR) is 78.0 cm³/mol. The number of ether oxygens (including phenoxy) is 1. The molecule has 18 heavy (non-hydrogen) atoms. The van der Waals surface area contributed by atoms with Crippen LogP contribution in [-0.2, 0) is 4.74 Å². The maximum Gasteiger partial charge on any atom is 0.0674 e. The summed E-state index contributed by atoms with van der Waals surface area (Å²) >= 11 is 0. The van der Waals surface area contributed by atoms with Gasteiger partial charge in [0.2, 0.25) is 0 Å². The topological polar surface area (TPSA) is 24.5 Å². The molecule has 0 radical (unpaired) electrons. The molecule has 1 N–H and O–H groups in total. The molecule has 108 valence electrons. The lowest BCUT2D eigenvalue weighted by atomic mass is 9.97. The molecule has 0 saturated carbocycles. The maximum absolute atomic E-state index is 5.71. The van der Waals surface area contributed by atoms with Crippen LogP contribution in [0.1, 0.15) is 48.5 Å². The standard InChI is InChI=1S/C15H32N2O/c1-11(8-16-15(5,6)7)14(4)17-9-13(3)18-10-12(17)2/h11-14,16H,8-10H2,1-7H3. The monoisotopic (exact) mass is 256 g/mol. The summed E-state index contributed by atoms with van der Waals surface area (Å²) in [6.45, 7) is 18.8. The summed E-state index contributed by atoms with van der Waals surface area (Å²) in [6, 6.07) is 1.13. The molecule has 3 nitrogen and oxygen atoms in total. The van der Waals surface area contributed by atoms with Gasteiger partial charge in [0.1, 0.15) is 0 Å². The number of hydrogen-bond donors (Lipinski definition) is 1. The van der Waals surface area contributed by atoms with E-state index in [1.165, 1.54) is 0 Å². The van der Waals surface area contributed by atoms with Gasteiger partial charge in [0, 0.05) is 24.2 Å². The minimum atomic E-state index is 0.206. The van der Waals surface area contributed by atoms with Crippen molar-refractivity contribution in [2.75, 3.05) is 19.7 Å². The van der Waals surface area contributed by atoms with E-state index in [1.54, 1.807) is 0 Å². The third kappa shape index (κ3) is 4.87. The molecule has 0 aliphatic carbocycles. The van der Waals surface area contributed by atoms with Crippen LogP contribution in [0.3, 0.4) is 0 Å². The van der Waals surface area contributed by atoms with E-state index in [1.807, 2.05) is 0 Å². The zero-order valence-corrected chi connectivity index (χ0v) is 13.3. The highest BCUT2D eigenvalue weighted by atomic mass is 16.5. The molecule has 0 aromatic rings. The maximum atomic E-state index is 5.71. The molecular formula is C15H32N2O. The Kier molecular flexibility index (Phi) is 5.63. The number of morpholine rings is 1. The Morgan fingerprint density at radius 3 is 2.44 bits per heavy atom. The average Bonchev–Trinajstić information content (AvgIpc) is 2.27. The van der Waals surface area contributed by atoms with Gasteiger partial charge in [-0.25, -0.2) is 0 Å². The van der Waals surface area contributed by atoms with Crippen molar-refractivity contribution in [1.82, 2.24) is 10.2 Å². The van der Waals surface area contributed by atoms with Crippen LogP contribution in [0.4, 0.5) is 0 Å². The van der Waals surface area contributed by atoms with Crippen molar-refractivity contribution in [3.8, 4) is 0 Å². The molecule has 3 heteroatoms. The van der Waals surface area contributed by atoms with Crippen molar-refractivity contribution in [3.63, 3.8) is 0 Å². The van der Waals surface area contributed by atoms with Crippen molar-refractivity contribution in [3.05, 3.63) is 0 Å². The van der Waals surface area contributed by atoms with Crippen molar-refractivity contribution < 1.29 is 4.74 Å². The predicted octanol–water partition coefficient (Wildman–Crippen LogP) is 2.51. The van der Waals surface area contributed by atoms with E-state index in [2.05, 4.69) is 58.7 Å². The van der Waals surface area contributed by atoms with E-state index in [9.17, 15) is 0 Å². The first-order chi connectivity index (χ1) is 8.20. The molecule has 4 unspecified atom stereocenters.